The number of aromatic nitrogens is 1. The van der Waals surface area contributed by atoms with Crippen molar-refractivity contribution in [1.82, 2.24) is 10.3 Å². The van der Waals surface area contributed by atoms with Gasteiger partial charge in [-0.3, -0.25) is 4.79 Å². The van der Waals surface area contributed by atoms with Gasteiger partial charge in [-0.1, -0.05) is 18.2 Å². The maximum absolute atomic E-state index is 12.5. The van der Waals surface area contributed by atoms with E-state index in [9.17, 15) is 13.2 Å². The van der Waals surface area contributed by atoms with Crippen LogP contribution in [-0.2, 0) is 21.1 Å². The molecule has 1 amide bonds. The van der Waals surface area contributed by atoms with E-state index in [1.807, 2.05) is 0 Å². The number of hydrogen-bond acceptors (Lipinski definition) is 6. The number of benzene rings is 1. The van der Waals surface area contributed by atoms with Crippen LogP contribution in [-0.4, -0.2) is 44.9 Å². The molecule has 27 heavy (non-hydrogen) atoms. The SMILES string of the molecule is COCCOc1ccc(CNC(=O)c2ccccc2S(=O)(=O)C(C)C)cn1. The van der Waals surface area contributed by atoms with Crippen LogP contribution < -0.4 is 10.1 Å². The first-order chi connectivity index (χ1) is 12.9. The van der Waals surface area contributed by atoms with Crippen molar-refractivity contribution in [3.05, 3.63) is 53.7 Å². The summed E-state index contributed by atoms with van der Waals surface area (Å²) in [5.74, 6) is 0.0192. The van der Waals surface area contributed by atoms with E-state index >= 15 is 0 Å². The second-order valence-corrected chi connectivity index (χ2v) is 8.59. The Labute approximate surface area is 159 Å². The van der Waals surface area contributed by atoms with Crippen molar-refractivity contribution in [2.24, 2.45) is 0 Å². The molecule has 0 atom stereocenters. The zero-order chi connectivity index (χ0) is 19.9. The van der Waals surface area contributed by atoms with E-state index in [0.717, 1.165) is 5.56 Å². The number of nitrogens with one attached hydrogen (secondary N) is 1. The molecule has 0 radical (unpaired) electrons. The zero-order valence-corrected chi connectivity index (χ0v) is 16.5. The van der Waals surface area contributed by atoms with Crippen LogP contribution in [0, 0.1) is 0 Å². The van der Waals surface area contributed by atoms with Crippen LogP contribution in [0.4, 0.5) is 0 Å². The normalized spacial score (nSPS) is 11.4. The number of hydrogen-bond donors (Lipinski definition) is 1. The minimum absolute atomic E-state index is 0.0394. The minimum atomic E-state index is -3.55. The Kier molecular flexibility index (Phi) is 7.32. The molecule has 0 unspecified atom stereocenters. The van der Waals surface area contributed by atoms with Crippen LogP contribution in [0.25, 0.3) is 0 Å². The quantitative estimate of drug-likeness (QED) is 0.658. The fraction of sp³-hybridized carbons (Fsp3) is 0.368. The van der Waals surface area contributed by atoms with Crippen LogP contribution in [0.1, 0.15) is 29.8 Å². The topological polar surface area (TPSA) is 94.6 Å². The van der Waals surface area contributed by atoms with E-state index < -0.39 is 21.0 Å². The fourth-order valence-electron chi connectivity index (χ4n) is 2.26. The van der Waals surface area contributed by atoms with Crippen molar-refractivity contribution in [2.75, 3.05) is 20.3 Å². The molecule has 8 heteroatoms. The number of nitrogens with zero attached hydrogens (tertiary/aromatic N) is 1. The van der Waals surface area contributed by atoms with Crippen molar-refractivity contribution >= 4 is 15.7 Å². The molecule has 0 aliphatic carbocycles. The van der Waals surface area contributed by atoms with Crippen LogP contribution in [0.2, 0.25) is 0 Å². The maximum Gasteiger partial charge on any atom is 0.252 e. The summed E-state index contributed by atoms with van der Waals surface area (Å²) in [5, 5.41) is 2.12. The lowest BCUT2D eigenvalue weighted by Gasteiger charge is -2.13. The van der Waals surface area contributed by atoms with Crippen LogP contribution in [0.3, 0.4) is 0 Å². The summed E-state index contributed by atoms with van der Waals surface area (Å²) in [6, 6.07) is 9.70. The van der Waals surface area contributed by atoms with Crippen molar-refractivity contribution in [1.29, 1.82) is 0 Å². The Bertz CT molecular complexity index is 864. The minimum Gasteiger partial charge on any atom is -0.475 e. The number of sulfone groups is 1. The Morgan fingerprint density at radius 1 is 1.15 bits per heavy atom. The summed E-state index contributed by atoms with van der Waals surface area (Å²) in [5.41, 5.74) is 0.908. The Morgan fingerprint density at radius 3 is 2.52 bits per heavy atom. The third-order valence-corrected chi connectivity index (χ3v) is 6.06. The summed E-state index contributed by atoms with van der Waals surface area (Å²) in [4.78, 5) is 16.7. The second kappa shape index (κ2) is 9.48. The first-order valence-electron chi connectivity index (χ1n) is 8.54. The monoisotopic (exact) mass is 392 g/mol. The molecule has 2 rings (SSSR count). The molecule has 146 valence electrons. The van der Waals surface area contributed by atoms with Crippen molar-refractivity contribution in [3.8, 4) is 5.88 Å². The summed E-state index contributed by atoms with van der Waals surface area (Å²) in [6.45, 7) is 4.27. The van der Waals surface area contributed by atoms with Gasteiger partial charge in [0.15, 0.2) is 9.84 Å². The molecule has 0 aliphatic rings. The standard InChI is InChI=1S/C19H24N2O5S/c1-14(2)27(23,24)17-7-5-4-6-16(17)19(22)21-13-15-8-9-18(20-12-15)26-11-10-25-3/h4-9,12,14H,10-11,13H2,1-3H3,(H,21,22). The molecule has 0 saturated carbocycles. The first kappa shape index (κ1) is 20.9. The third kappa shape index (κ3) is 5.51. The second-order valence-electron chi connectivity index (χ2n) is 6.12. The number of amides is 1. The third-order valence-electron chi connectivity index (χ3n) is 3.85. The van der Waals surface area contributed by atoms with E-state index in [0.29, 0.717) is 19.1 Å². The number of pyridine rings is 1. The van der Waals surface area contributed by atoms with Crippen molar-refractivity contribution in [2.45, 2.75) is 30.5 Å². The molecule has 1 heterocycles. The zero-order valence-electron chi connectivity index (χ0n) is 15.6. The lowest BCUT2D eigenvalue weighted by molar-refractivity contribution is 0.0947. The lowest BCUT2D eigenvalue weighted by Crippen LogP contribution is -2.26. The molecule has 0 spiro atoms. The molecule has 1 aromatic heterocycles. The molecule has 1 aromatic carbocycles. The Balaban J connectivity index is 2.05. The highest BCUT2D eigenvalue weighted by Gasteiger charge is 2.25. The van der Waals surface area contributed by atoms with Gasteiger partial charge in [0, 0.05) is 25.9 Å². The number of rotatable bonds is 9. The van der Waals surface area contributed by atoms with Gasteiger partial charge < -0.3 is 14.8 Å². The summed E-state index contributed by atoms with van der Waals surface area (Å²) < 4.78 is 35.2. The van der Waals surface area contributed by atoms with Crippen LogP contribution in [0.5, 0.6) is 5.88 Å². The summed E-state index contributed by atoms with van der Waals surface area (Å²) in [6.07, 6.45) is 1.60. The molecule has 1 N–H and O–H groups in total. The van der Waals surface area contributed by atoms with E-state index in [-0.39, 0.29) is 17.0 Å². The van der Waals surface area contributed by atoms with Gasteiger partial charge in [0.25, 0.3) is 5.91 Å². The smallest absolute Gasteiger partial charge is 0.252 e. The van der Waals surface area contributed by atoms with E-state index in [4.69, 9.17) is 9.47 Å². The average molecular weight is 392 g/mol. The van der Waals surface area contributed by atoms with Crippen molar-refractivity contribution in [3.63, 3.8) is 0 Å². The fourth-order valence-corrected chi connectivity index (χ4v) is 3.51. The largest absolute Gasteiger partial charge is 0.475 e. The molecular weight excluding hydrogens is 368 g/mol. The molecule has 0 fully saturated rings. The predicted molar refractivity (Wildman–Crippen MR) is 102 cm³/mol. The maximum atomic E-state index is 12.5. The number of methoxy groups -OCH3 is 1. The van der Waals surface area contributed by atoms with Gasteiger partial charge in [-0.05, 0) is 31.5 Å². The van der Waals surface area contributed by atoms with Crippen LogP contribution in [0.15, 0.2) is 47.5 Å². The molecule has 7 nitrogen and oxygen atoms in total. The number of ether oxygens (including phenoxy) is 2. The van der Waals surface area contributed by atoms with Crippen LogP contribution >= 0.6 is 0 Å². The van der Waals surface area contributed by atoms with Crippen molar-refractivity contribution < 1.29 is 22.7 Å². The van der Waals surface area contributed by atoms with Gasteiger partial charge in [-0.15, -0.1) is 0 Å². The van der Waals surface area contributed by atoms with E-state index in [2.05, 4.69) is 10.3 Å². The van der Waals surface area contributed by atoms with Gasteiger partial charge >= 0.3 is 0 Å². The predicted octanol–water partition coefficient (Wildman–Crippen LogP) is 2.22. The summed E-state index contributed by atoms with van der Waals surface area (Å²) in [7, 11) is -1.96. The Morgan fingerprint density at radius 2 is 1.89 bits per heavy atom. The molecule has 0 saturated heterocycles. The number of carbonyl (C=O) groups is 1. The first-order valence-corrected chi connectivity index (χ1v) is 10.1. The van der Waals surface area contributed by atoms with Gasteiger partial charge in [-0.25, -0.2) is 13.4 Å². The van der Waals surface area contributed by atoms with Gasteiger partial charge in [0.05, 0.1) is 22.3 Å². The highest BCUT2D eigenvalue weighted by molar-refractivity contribution is 7.92. The van der Waals surface area contributed by atoms with E-state index in [1.54, 1.807) is 51.4 Å². The summed E-state index contributed by atoms with van der Waals surface area (Å²) >= 11 is 0. The molecular formula is C19H24N2O5S. The van der Waals surface area contributed by atoms with E-state index in [1.165, 1.54) is 12.1 Å². The van der Waals surface area contributed by atoms with Gasteiger partial charge in [0.1, 0.15) is 6.61 Å². The Hall–Kier alpha value is -2.45. The average Bonchev–Trinajstić information content (AvgIpc) is 2.67. The lowest BCUT2D eigenvalue weighted by atomic mass is 10.2. The molecule has 0 aliphatic heterocycles. The molecule has 0 bridgehead atoms. The highest BCUT2D eigenvalue weighted by atomic mass is 32.2. The number of carbonyl (C=O) groups excluding carboxylic acids is 1. The highest BCUT2D eigenvalue weighted by Crippen LogP contribution is 2.20. The van der Waals surface area contributed by atoms with Gasteiger partial charge in [-0.2, -0.15) is 0 Å². The van der Waals surface area contributed by atoms with Gasteiger partial charge in [0.2, 0.25) is 5.88 Å². The molecule has 2 aromatic rings.